The molecule has 7 nitrogen and oxygen atoms in total. The van der Waals surface area contributed by atoms with Crippen molar-refractivity contribution >= 4 is 38.7 Å². The molecule has 0 atom stereocenters. The quantitative estimate of drug-likeness (QED) is 0.601. The summed E-state index contributed by atoms with van der Waals surface area (Å²) in [5, 5.41) is 7.31. The molecule has 1 amide bonds. The smallest absolute Gasteiger partial charge is 0.234 e. The number of nitrogens with zero attached hydrogens (tertiary/aromatic N) is 2. The van der Waals surface area contributed by atoms with Crippen molar-refractivity contribution in [3.63, 3.8) is 0 Å². The maximum Gasteiger partial charge on any atom is 0.234 e. The predicted octanol–water partition coefficient (Wildman–Crippen LogP) is 2.48. The number of benzene rings is 1. The van der Waals surface area contributed by atoms with Gasteiger partial charge in [-0.1, -0.05) is 23.7 Å². The van der Waals surface area contributed by atoms with Crippen LogP contribution in [0.3, 0.4) is 0 Å². The molecule has 0 aliphatic heterocycles. The zero-order valence-electron chi connectivity index (χ0n) is 14.4. The summed E-state index contributed by atoms with van der Waals surface area (Å²) in [6.07, 6.45) is 4.12. The maximum absolute atomic E-state index is 12.2. The van der Waals surface area contributed by atoms with E-state index in [0.29, 0.717) is 17.1 Å². The zero-order valence-corrected chi connectivity index (χ0v) is 16.0. The summed E-state index contributed by atoms with van der Waals surface area (Å²) in [6, 6.07) is 12.4. The van der Waals surface area contributed by atoms with Crippen LogP contribution in [0.5, 0.6) is 0 Å². The normalized spacial score (nSPS) is 11.4. The van der Waals surface area contributed by atoms with Gasteiger partial charge in [0.2, 0.25) is 15.9 Å². The molecule has 27 heavy (non-hydrogen) atoms. The molecule has 2 aromatic heterocycles. The highest BCUT2D eigenvalue weighted by Gasteiger charge is 2.12. The van der Waals surface area contributed by atoms with Crippen molar-refractivity contribution in [2.45, 2.75) is 12.8 Å². The third-order valence-corrected chi connectivity index (χ3v) is 5.42. The van der Waals surface area contributed by atoms with Gasteiger partial charge in [-0.15, -0.1) is 0 Å². The molecule has 1 aromatic carbocycles. The van der Waals surface area contributed by atoms with Gasteiger partial charge in [-0.3, -0.25) is 9.52 Å². The molecule has 9 heteroatoms. The van der Waals surface area contributed by atoms with Crippen molar-refractivity contribution in [2.24, 2.45) is 0 Å². The molecule has 142 valence electrons. The zero-order chi connectivity index (χ0) is 19.3. The lowest BCUT2D eigenvalue weighted by atomic mass is 10.1. The van der Waals surface area contributed by atoms with E-state index in [2.05, 4.69) is 15.1 Å². The van der Waals surface area contributed by atoms with Crippen LogP contribution in [0.15, 0.2) is 54.9 Å². The van der Waals surface area contributed by atoms with E-state index in [1.54, 1.807) is 47.2 Å². The number of pyridine rings is 1. The number of rotatable bonds is 8. The van der Waals surface area contributed by atoms with Crippen molar-refractivity contribution in [3.05, 3.63) is 65.4 Å². The first kappa shape index (κ1) is 19.2. The fourth-order valence-electron chi connectivity index (χ4n) is 2.58. The molecule has 0 aliphatic carbocycles. The van der Waals surface area contributed by atoms with Crippen LogP contribution in [-0.2, 0) is 21.2 Å². The van der Waals surface area contributed by atoms with Gasteiger partial charge in [0.25, 0.3) is 0 Å². The second kappa shape index (κ2) is 8.41. The number of aryl methyl sites for hydroxylation is 1. The summed E-state index contributed by atoms with van der Waals surface area (Å²) >= 11 is 5.91. The van der Waals surface area contributed by atoms with Gasteiger partial charge in [0.15, 0.2) is 0 Å². The molecule has 0 bridgehead atoms. The third-order valence-electron chi connectivity index (χ3n) is 3.90. The van der Waals surface area contributed by atoms with Gasteiger partial charge in [0.1, 0.15) is 0 Å². The number of sulfonamides is 1. The fraction of sp³-hybridized carbons (Fsp3) is 0.222. The number of carbonyl (C=O) groups excluding carboxylic acids is 1. The first-order valence-corrected chi connectivity index (χ1v) is 10.4. The largest absolute Gasteiger partial charge is 0.355 e. The van der Waals surface area contributed by atoms with Crippen molar-refractivity contribution < 1.29 is 13.2 Å². The van der Waals surface area contributed by atoms with E-state index in [4.69, 9.17) is 11.6 Å². The van der Waals surface area contributed by atoms with E-state index in [9.17, 15) is 13.2 Å². The van der Waals surface area contributed by atoms with Gasteiger partial charge < -0.3 is 5.32 Å². The average Bonchev–Trinajstić information content (AvgIpc) is 3.07. The summed E-state index contributed by atoms with van der Waals surface area (Å²) in [7, 11) is -3.57. The number of fused-ring (bicyclic) bond motifs is 1. The number of hydrogen-bond acceptors (Lipinski definition) is 4. The van der Waals surface area contributed by atoms with Gasteiger partial charge in [-0.2, -0.15) is 5.10 Å². The van der Waals surface area contributed by atoms with Gasteiger partial charge in [0.05, 0.1) is 17.0 Å². The lowest BCUT2D eigenvalue weighted by Gasteiger charge is -2.09. The lowest BCUT2D eigenvalue weighted by molar-refractivity contribution is -0.120. The van der Waals surface area contributed by atoms with Crippen LogP contribution in [0, 0.1) is 0 Å². The molecule has 0 saturated carbocycles. The number of hydrogen-bond donors (Lipinski definition) is 2. The highest BCUT2D eigenvalue weighted by atomic mass is 35.5. The fourth-order valence-corrected chi connectivity index (χ4v) is 3.75. The Labute approximate surface area is 162 Å². The van der Waals surface area contributed by atoms with Gasteiger partial charge in [-0.25, -0.2) is 12.9 Å². The summed E-state index contributed by atoms with van der Waals surface area (Å²) in [6.45, 7) is 0.0403. The maximum atomic E-state index is 12.2. The van der Waals surface area contributed by atoms with Gasteiger partial charge in [-0.05, 0) is 42.3 Å². The van der Waals surface area contributed by atoms with Crippen LogP contribution in [0.4, 0.5) is 5.69 Å². The van der Waals surface area contributed by atoms with Crippen LogP contribution >= 0.6 is 11.6 Å². The Balaban J connectivity index is 1.44. The molecule has 3 rings (SSSR count). The lowest BCUT2D eigenvalue weighted by Crippen LogP contribution is -2.31. The molecule has 2 N–H and O–H groups in total. The Morgan fingerprint density at radius 3 is 2.85 bits per heavy atom. The molecular formula is C18H19ClN4O3S. The molecule has 0 fully saturated rings. The van der Waals surface area contributed by atoms with Crippen LogP contribution in [-0.4, -0.2) is 36.2 Å². The van der Waals surface area contributed by atoms with E-state index in [-0.39, 0.29) is 24.6 Å². The first-order chi connectivity index (χ1) is 12.9. The summed E-state index contributed by atoms with van der Waals surface area (Å²) in [5.41, 5.74) is 2.20. The number of carbonyl (C=O) groups is 1. The first-order valence-electron chi connectivity index (χ1n) is 8.36. The van der Waals surface area contributed by atoms with Crippen molar-refractivity contribution in [3.8, 4) is 0 Å². The van der Waals surface area contributed by atoms with E-state index < -0.39 is 10.0 Å². The highest BCUT2D eigenvalue weighted by Crippen LogP contribution is 2.13. The molecular weight excluding hydrogens is 388 g/mol. The summed E-state index contributed by atoms with van der Waals surface area (Å²) < 4.78 is 28.5. The summed E-state index contributed by atoms with van der Waals surface area (Å²) in [4.78, 5) is 11.9. The topological polar surface area (TPSA) is 92.6 Å². The minimum atomic E-state index is -3.57. The molecule has 0 unspecified atom stereocenters. The second-order valence-electron chi connectivity index (χ2n) is 6.02. The van der Waals surface area contributed by atoms with Crippen LogP contribution < -0.4 is 10.0 Å². The van der Waals surface area contributed by atoms with E-state index >= 15 is 0 Å². The minimum absolute atomic E-state index is 0.0403. The molecule has 0 spiro atoms. The Morgan fingerprint density at radius 1 is 1.19 bits per heavy atom. The number of amides is 1. The molecule has 3 aromatic rings. The Morgan fingerprint density at radius 2 is 2.04 bits per heavy atom. The van der Waals surface area contributed by atoms with Crippen LogP contribution in [0.1, 0.15) is 12.0 Å². The Hall–Kier alpha value is -2.58. The molecule has 2 heterocycles. The average molecular weight is 407 g/mol. The molecule has 0 saturated heterocycles. The number of nitrogens with one attached hydrogen (secondary N) is 2. The second-order valence-corrected chi connectivity index (χ2v) is 8.30. The third kappa shape index (κ3) is 5.70. The molecule has 0 radical (unpaired) electrons. The monoisotopic (exact) mass is 406 g/mol. The van der Waals surface area contributed by atoms with E-state index in [0.717, 1.165) is 11.1 Å². The van der Waals surface area contributed by atoms with Gasteiger partial charge in [0, 0.05) is 30.4 Å². The number of aromatic nitrogens is 2. The number of anilines is 1. The standard InChI is InChI=1S/C18H19ClN4O3S/c19-15-3-1-2-14(12-15)4-5-18(24)20-9-11-27(25,26)22-16-7-10-23-17(13-16)6-8-21-23/h1-3,6-8,10,12-13,22H,4-5,9,11H2,(H,20,24). The SMILES string of the molecule is O=C(CCc1cccc(Cl)c1)NCCS(=O)(=O)Nc1ccn2nccc2c1. The summed E-state index contributed by atoms with van der Waals surface area (Å²) in [5.74, 6) is -0.411. The van der Waals surface area contributed by atoms with Crippen molar-refractivity contribution in [1.82, 2.24) is 14.9 Å². The van der Waals surface area contributed by atoms with E-state index in [1.807, 2.05) is 12.1 Å². The predicted molar refractivity (Wildman–Crippen MR) is 105 cm³/mol. The van der Waals surface area contributed by atoms with Crippen molar-refractivity contribution in [1.29, 1.82) is 0 Å². The van der Waals surface area contributed by atoms with Gasteiger partial charge >= 0.3 is 0 Å². The number of halogens is 1. The highest BCUT2D eigenvalue weighted by molar-refractivity contribution is 7.92. The molecule has 0 aliphatic rings. The van der Waals surface area contributed by atoms with Crippen molar-refractivity contribution in [2.75, 3.05) is 17.0 Å². The van der Waals surface area contributed by atoms with Crippen LogP contribution in [0.25, 0.3) is 5.52 Å². The Bertz CT molecular complexity index is 1050. The van der Waals surface area contributed by atoms with Crippen LogP contribution in [0.2, 0.25) is 5.02 Å². The Kier molecular flexibility index (Phi) is 5.98. The van der Waals surface area contributed by atoms with E-state index in [1.165, 1.54) is 0 Å². The minimum Gasteiger partial charge on any atom is -0.355 e.